The van der Waals surface area contributed by atoms with Crippen molar-refractivity contribution in [2.24, 2.45) is 5.92 Å². The van der Waals surface area contributed by atoms with Gasteiger partial charge in [-0.1, -0.05) is 26.2 Å². The van der Waals surface area contributed by atoms with Gasteiger partial charge in [-0.3, -0.25) is 0 Å². The smallest absolute Gasteiger partial charge is 0.00978 e. The van der Waals surface area contributed by atoms with E-state index in [-0.39, 0.29) is 0 Å². The van der Waals surface area contributed by atoms with Gasteiger partial charge in [0, 0.05) is 17.3 Å². The van der Waals surface area contributed by atoms with Crippen LogP contribution in [0.1, 0.15) is 64.7 Å². The molecule has 0 spiro atoms. The van der Waals surface area contributed by atoms with Crippen LogP contribution in [-0.2, 0) is 0 Å². The molecular formula is C15H29NS. The van der Waals surface area contributed by atoms with Crippen molar-refractivity contribution in [3.63, 3.8) is 0 Å². The molecule has 0 saturated heterocycles. The molecule has 17 heavy (non-hydrogen) atoms. The molecule has 2 atom stereocenters. The first kappa shape index (κ1) is 13.7. The van der Waals surface area contributed by atoms with Gasteiger partial charge in [0.2, 0.25) is 0 Å². The molecule has 2 rings (SSSR count). The van der Waals surface area contributed by atoms with Crippen LogP contribution < -0.4 is 5.32 Å². The first-order valence-electron chi connectivity index (χ1n) is 7.62. The van der Waals surface area contributed by atoms with Crippen LogP contribution in [0.2, 0.25) is 0 Å². The van der Waals surface area contributed by atoms with Gasteiger partial charge in [-0.2, -0.15) is 11.8 Å². The van der Waals surface area contributed by atoms with Gasteiger partial charge in [0.1, 0.15) is 0 Å². The zero-order valence-electron chi connectivity index (χ0n) is 11.6. The Morgan fingerprint density at radius 2 is 1.71 bits per heavy atom. The molecule has 0 heterocycles. The van der Waals surface area contributed by atoms with E-state index in [9.17, 15) is 0 Å². The van der Waals surface area contributed by atoms with E-state index in [1.54, 1.807) is 0 Å². The molecule has 0 aromatic carbocycles. The molecule has 0 aliphatic heterocycles. The van der Waals surface area contributed by atoms with Crippen LogP contribution in [0.3, 0.4) is 0 Å². The normalized spacial score (nSPS) is 39.2. The highest BCUT2D eigenvalue weighted by atomic mass is 32.2. The topological polar surface area (TPSA) is 12.0 Å². The molecule has 1 nitrogen and oxygen atoms in total. The first-order valence-corrected chi connectivity index (χ1v) is 8.91. The van der Waals surface area contributed by atoms with Gasteiger partial charge in [-0.05, 0) is 50.7 Å². The SMILES string of the molecule is CCC1CCCCC1NC1CCC(SC)CC1. The quantitative estimate of drug-likeness (QED) is 0.807. The zero-order valence-corrected chi connectivity index (χ0v) is 12.4. The minimum Gasteiger partial charge on any atom is -0.311 e. The summed E-state index contributed by atoms with van der Waals surface area (Å²) in [4.78, 5) is 0. The van der Waals surface area contributed by atoms with Crippen LogP contribution in [0, 0.1) is 5.92 Å². The van der Waals surface area contributed by atoms with Crippen molar-refractivity contribution in [3.8, 4) is 0 Å². The second kappa shape index (κ2) is 7.04. The summed E-state index contributed by atoms with van der Waals surface area (Å²) >= 11 is 2.07. The van der Waals surface area contributed by atoms with Gasteiger partial charge in [0.05, 0.1) is 0 Å². The van der Waals surface area contributed by atoms with Crippen LogP contribution in [0.5, 0.6) is 0 Å². The van der Waals surface area contributed by atoms with Crippen LogP contribution in [0.25, 0.3) is 0 Å². The van der Waals surface area contributed by atoms with Gasteiger partial charge >= 0.3 is 0 Å². The van der Waals surface area contributed by atoms with Gasteiger partial charge in [0.25, 0.3) is 0 Å². The average molecular weight is 255 g/mol. The lowest BCUT2D eigenvalue weighted by atomic mass is 9.81. The maximum atomic E-state index is 3.99. The van der Waals surface area contributed by atoms with Gasteiger partial charge in [0.15, 0.2) is 0 Å². The molecule has 2 aliphatic carbocycles. The van der Waals surface area contributed by atoms with Gasteiger partial charge < -0.3 is 5.32 Å². The summed E-state index contributed by atoms with van der Waals surface area (Å²) in [5.74, 6) is 0.960. The maximum absolute atomic E-state index is 3.99. The average Bonchev–Trinajstić information content (AvgIpc) is 2.40. The number of thioether (sulfide) groups is 1. The summed E-state index contributed by atoms with van der Waals surface area (Å²) in [6, 6.07) is 1.67. The van der Waals surface area contributed by atoms with Crippen molar-refractivity contribution in [2.45, 2.75) is 82.0 Å². The van der Waals surface area contributed by atoms with E-state index in [0.717, 1.165) is 23.3 Å². The molecule has 100 valence electrons. The Bertz CT molecular complexity index is 211. The minimum atomic E-state index is 0.829. The standard InChI is InChI=1S/C15H29NS/c1-3-12-6-4-5-7-15(12)16-13-8-10-14(17-2)11-9-13/h12-16H,3-11H2,1-2H3. The third-order valence-corrected chi connectivity index (χ3v) is 6.03. The maximum Gasteiger partial charge on any atom is 0.00978 e. The van der Waals surface area contributed by atoms with E-state index in [0.29, 0.717) is 0 Å². The van der Waals surface area contributed by atoms with E-state index in [4.69, 9.17) is 0 Å². The Morgan fingerprint density at radius 1 is 1.00 bits per heavy atom. The fourth-order valence-electron chi connectivity index (χ4n) is 3.68. The van der Waals surface area contributed by atoms with E-state index in [1.165, 1.54) is 57.8 Å². The molecule has 0 aromatic rings. The molecule has 0 radical (unpaired) electrons. The highest BCUT2D eigenvalue weighted by molar-refractivity contribution is 7.99. The molecule has 0 amide bonds. The summed E-state index contributed by atoms with van der Waals surface area (Å²) in [6.07, 6.45) is 15.2. The third kappa shape index (κ3) is 3.89. The lowest BCUT2D eigenvalue weighted by Crippen LogP contribution is -2.45. The highest BCUT2D eigenvalue weighted by Crippen LogP contribution is 2.31. The molecule has 2 fully saturated rings. The second-order valence-electron chi connectivity index (χ2n) is 5.94. The van der Waals surface area contributed by atoms with Crippen LogP contribution in [-0.4, -0.2) is 23.6 Å². The Balaban J connectivity index is 1.76. The summed E-state index contributed by atoms with van der Waals surface area (Å²) in [5, 5.41) is 4.94. The van der Waals surface area contributed by atoms with Crippen molar-refractivity contribution < 1.29 is 0 Å². The van der Waals surface area contributed by atoms with Crippen LogP contribution in [0.4, 0.5) is 0 Å². The number of hydrogen-bond donors (Lipinski definition) is 1. The molecule has 2 aliphatic rings. The van der Waals surface area contributed by atoms with Crippen LogP contribution >= 0.6 is 11.8 Å². The monoisotopic (exact) mass is 255 g/mol. The third-order valence-electron chi connectivity index (χ3n) is 4.89. The van der Waals surface area contributed by atoms with Gasteiger partial charge in [-0.15, -0.1) is 0 Å². The lowest BCUT2D eigenvalue weighted by Gasteiger charge is -2.37. The minimum absolute atomic E-state index is 0.829. The van der Waals surface area contributed by atoms with Crippen molar-refractivity contribution in [1.82, 2.24) is 5.32 Å². The number of hydrogen-bond acceptors (Lipinski definition) is 2. The molecular weight excluding hydrogens is 226 g/mol. The Morgan fingerprint density at radius 3 is 2.35 bits per heavy atom. The molecule has 2 heteroatoms. The number of rotatable bonds is 4. The van der Waals surface area contributed by atoms with Crippen LogP contribution in [0.15, 0.2) is 0 Å². The first-order chi connectivity index (χ1) is 8.33. The van der Waals surface area contributed by atoms with Crippen molar-refractivity contribution >= 4 is 11.8 Å². The highest BCUT2D eigenvalue weighted by Gasteiger charge is 2.27. The zero-order chi connectivity index (χ0) is 12.1. The fraction of sp³-hybridized carbons (Fsp3) is 1.00. The van der Waals surface area contributed by atoms with Gasteiger partial charge in [-0.25, -0.2) is 0 Å². The molecule has 2 unspecified atom stereocenters. The summed E-state index contributed by atoms with van der Waals surface area (Å²) in [5.41, 5.74) is 0. The van der Waals surface area contributed by atoms with E-state index in [2.05, 4.69) is 30.3 Å². The summed E-state index contributed by atoms with van der Waals surface area (Å²) < 4.78 is 0. The van der Waals surface area contributed by atoms with Crippen molar-refractivity contribution in [1.29, 1.82) is 0 Å². The predicted molar refractivity (Wildman–Crippen MR) is 78.7 cm³/mol. The number of nitrogens with one attached hydrogen (secondary N) is 1. The largest absolute Gasteiger partial charge is 0.311 e. The van der Waals surface area contributed by atoms with E-state index in [1.807, 2.05) is 0 Å². The lowest BCUT2D eigenvalue weighted by molar-refractivity contribution is 0.219. The Hall–Kier alpha value is 0.310. The fourth-order valence-corrected chi connectivity index (χ4v) is 4.43. The van der Waals surface area contributed by atoms with Crippen molar-refractivity contribution in [3.05, 3.63) is 0 Å². The second-order valence-corrected chi connectivity index (χ2v) is 7.07. The van der Waals surface area contributed by atoms with E-state index < -0.39 is 0 Å². The molecule has 0 bridgehead atoms. The van der Waals surface area contributed by atoms with E-state index >= 15 is 0 Å². The molecule has 0 aromatic heterocycles. The molecule has 1 N–H and O–H groups in total. The summed E-state index contributed by atoms with van der Waals surface area (Å²) in [6.45, 7) is 2.37. The Kier molecular flexibility index (Phi) is 5.68. The predicted octanol–water partition coefficient (Wildman–Crippen LogP) is 4.22. The Labute approximate surface area is 112 Å². The summed E-state index contributed by atoms with van der Waals surface area (Å²) in [7, 11) is 0. The van der Waals surface area contributed by atoms with Crippen molar-refractivity contribution in [2.75, 3.05) is 6.26 Å². The molecule has 2 saturated carbocycles.